The Morgan fingerprint density at radius 1 is 1.07 bits per heavy atom. The van der Waals surface area contributed by atoms with E-state index >= 15 is 0 Å². The van der Waals surface area contributed by atoms with Gasteiger partial charge in [-0.25, -0.2) is 13.4 Å². The van der Waals surface area contributed by atoms with Gasteiger partial charge >= 0.3 is 0 Å². The van der Waals surface area contributed by atoms with E-state index < -0.39 is 15.6 Å². The van der Waals surface area contributed by atoms with Gasteiger partial charge in [0.2, 0.25) is 5.89 Å². The summed E-state index contributed by atoms with van der Waals surface area (Å²) in [5.74, 6) is -0.592. The quantitative estimate of drug-likeness (QED) is 0.477. The van der Waals surface area contributed by atoms with Crippen LogP contribution in [-0.2, 0) is 26.8 Å². The minimum absolute atomic E-state index is 0.142. The van der Waals surface area contributed by atoms with Crippen LogP contribution in [0.3, 0.4) is 0 Å². The van der Waals surface area contributed by atoms with Crippen LogP contribution in [0.1, 0.15) is 23.4 Å². The Bertz CT molecular complexity index is 1120. The maximum atomic E-state index is 12.5. The van der Waals surface area contributed by atoms with Gasteiger partial charge in [0.1, 0.15) is 17.3 Å². The molecule has 0 saturated carbocycles. The van der Waals surface area contributed by atoms with Crippen molar-refractivity contribution in [1.82, 2.24) is 4.98 Å². The third-order valence-corrected chi connectivity index (χ3v) is 6.40. The summed E-state index contributed by atoms with van der Waals surface area (Å²) in [5, 5.41) is 1.07. The molecule has 5 nitrogen and oxygen atoms in total. The predicted octanol–water partition coefficient (Wildman–Crippen LogP) is 5.07. The number of sulfone groups is 1. The van der Waals surface area contributed by atoms with Gasteiger partial charge in [0, 0.05) is 11.4 Å². The van der Waals surface area contributed by atoms with Crippen LogP contribution < -0.4 is 0 Å². The zero-order chi connectivity index (χ0) is 21.0. The molecule has 1 heterocycles. The Morgan fingerprint density at radius 3 is 2.45 bits per heavy atom. The van der Waals surface area contributed by atoms with Crippen molar-refractivity contribution in [3.63, 3.8) is 0 Å². The molecule has 0 unspecified atom stereocenters. The molecule has 0 N–H and O–H groups in total. The number of ketones is 1. The standard InChI is InChI=1S/C21H19Cl2NO4S/c1-14-20(24-21(28-14)18-4-2-3-5-19(18)23)13-29(26,27)12-17(25)11-8-15-6-9-16(22)10-7-15/h2-7,9-10H,8,11-13H2,1H3. The molecule has 0 saturated heterocycles. The van der Waals surface area contributed by atoms with Crippen molar-refractivity contribution in [2.75, 3.05) is 5.75 Å². The number of carbonyl (C=O) groups is 1. The molecule has 0 atom stereocenters. The van der Waals surface area contributed by atoms with Gasteiger partial charge in [-0.1, -0.05) is 47.5 Å². The van der Waals surface area contributed by atoms with Gasteiger partial charge in [-0.05, 0) is 43.2 Å². The molecule has 8 heteroatoms. The molecule has 0 amide bonds. The van der Waals surface area contributed by atoms with Gasteiger partial charge in [-0.15, -0.1) is 0 Å². The fourth-order valence-electron chi connectivity index (χ4n) is 2.82. The molecule has 0 radical (unpaired) electrons. The van der Waals surface area contributed by atoms with Crippen LogP contribution in [0.15, 0.2) is 52.9 Å². The van der Waals surface area contributed by atoms with Crippen LogP contribution in [-0.4, -0.2) is 24.9 Å². The normalized spacial score (nSPS) is 11.6. The summed E-state index contributed by atoms with van der Waals surface area (Å²) in [5.41, 5.74) is 1.79. The molecule has 0 spiro atoms. The van der Waals surface area contributed by atoms with Gasteiger partial charge in [-0.2, -0.15) is 0 Å². The minimum Gasteiger partial charge on any atom is -0.441 e. The second-order valence-electron chi connectivity index (χ2n) is 6.70. The number of nitrogens with zero attached hydrogens (tertiary/aromatic N) is 1. The highest BCUT2D eigenvalue weighted by atomic mass is 35.5. The van der Waals surface area contributed by atoms with E-state index in [9.17, 15) is 13.2 Å². The van der Waals surface area contributed by atoms with Crippen molar-refractivity contribution in [3.05, 3.63) is 75.6 Å². The second kappa shape index (κ2) is 9.11. The van der Waals surface area contributed by atoms with E-state index in [1.165, 1.54) is 0 Å². The first-order chi connectivity index (χ1) is 13.7. The van der Waals surface area contributed by atoms with E-state index in [2.05, 4.69) is 4.98 Å². The fraction of sp³-hybridized carbons (Fsp3) is 0.238. The highest BCUT2D eigenvalue weighted by Gasteiger charge is 2.22. The molecule has 1 aromatic heterocycles. The van der Waals surface area contributed by atoms with Gasteiger partial charge in [0.05, 0.1) is 22.0 Å². The zero-order valence-electron chi connectivity index (χ0n) is 15.7. The van der Waals surface area contributed by atoms with E-state index in [-0.39, 0.29) is 29.5 Å². The number of hydrogen-bond acceptors (Lipinski definition) is 5. The molecule has 0 bridgehead atoms. The Kier molecular flexibility index (Phi) is 6.77. The first-order valence-corrected chi connectivity index (χ1v) is 11.5. The Balaban J connectivity index is 1.64. The van der Waals surface area contributed by atoms with Crippen LogP contribution >= 0.6 is 23.2 Å². The largest absolute Gasteiger partial charge is 0.441 e. The van der Waals surface area contributed by atoms with Crippen molar-refractivity contribution in [3.8, 4) is 11.5 Å². The number of aromatic nitrogens is 1. The summed E-state index contributed by atoms with van der Waals surface area (Å²) in [6.45, 7) is 1.64. The molecular formula is C21H19Cl2NO4S. The van der Waals surface area contributed by atoms with Gasteiger partial charge in [0.15, 0.2) is 9.84 Å². The van der Waals surface area contributed by atoms with Crippen molar-refractivity contribution >= 4 is 38.8 Å². The third kappa shape index (κ3) is 5.92. The number of halogens is 2. The van der Waals surface area contributed by atoms with E-state index in [1.807, 2.05) is 12.1 Å². The zero-order valence-corrected chi connectivity index (χ0v) is 18.0. The van der Waals surface area contributed by atoms with E-state index in [0.29, 0.717) is 27.8 Å². The molecule has 0 aliphatic heterocycles. The number of aryl methyl sites for hydroxylation is 2. The van der Waals surface area contributed by atoms with Crippen LogP contribution in [0.25, 0.3) is 11.5 Å². The van der Waals surface area contributed by atoms with Crippen LogP contribution in [0.5, 0.6) is 0 Å². The summed E-state index contributed by atoms with van der Waals surface area (Å²) in [7, 11) is -3.67. The lowest BCUT2D eigenvalue weighted by Gasteiger charge is -2.04. The third-order valence-electron chi connectivity index (χ3n) is 4.34. The fourth-order valence-corrected chi connectivity index (χ4v) is 4.59. The minimum atomic E-state index is -3.67. The second-order valence-corrected chi connectivity index (χ2v) is 9.61. The molecule has 3 rings (SSSR count). The Hall–Kier alpha value is -2.15. The Labute approximate surface area is 179 Å². The van der Waals surface area contributed by atoms with Crippen molar-refractivity contribution in [1.29, 1.82) is 0 Å². The summed E-state index contributed by atoms with van der Waals surface area (Å²) in [6, 6.07) is 14.1. The Morgan fingerprint density at radius 2 is 1.76 bits per heavy atom. The SMILES string of the molecule is Cc1oc(-c2ccccc2Cl)nc1CS(=O)(=O)CC(=O)CCc1ccc(Cl)cc1. The molecule has 0 aliphatic carbocycles. The van der Waals surface area contributed by atoms with Gasteiger partial charge < -0.3 is 4.42 Å². The topological polar surface area (TPSA) is 77.2 Å². The van der Waals surface area contributed by atoms with Crippen LogP contribution in [0.4, 0.5) is 0 Å². The predicted molar refractivity (Wildman–Crippen MR) is 114 cm³/mol. The van der Waals surface area contributed by atoms with E-state index in [0.717, 1.165) is 5.56 Å². The first-order valence-electron chi connectivity index (χ1n) is 8.91. The first kappa shape index (κ1) is 21.6. The maximum absolute atomic E-state index is 12.5. The summed E-state index contributed by atoms with van der Waals surface area (Å²) in [4.78, 5) is 16.5. The molecule has 0 aliphatic rings. The number of benzene rings is 2. The lowest BCUT2D eigenvalue weighted by molar-refractivity contribution is -0.116. The lowest BCUT2D eigenvalue weighted by Crippen LogP contribution is -2.18. The smallest absolute Gasteiger partial charge is 0.228 e. The van der Waals surface area contributed by atoms with Crippen molar-refractivity contribution in [2.45, 2.75) is 25.5 Å². The number of Topliss-reactive ketones (excluding diaryl/α,β-unsaturated/α-hetero) is 1. The van der Waals surface area contributed by atoms with E-state index in [1.54, 1.807) is 43.3 Å². The van der Waals surface area contributed by atoms with E-state index in [4.69, 9.17) is 27.6 Å². The lowest BCUT2D eigenvalue weighted by atomic mass is 10.1. The van der Waals surface area contributed by atoms with Gasteiger partial charge in [-0.3, -0.25) is 4.79 Å². The summed E-state index contributed by atoms with van der Waals surface area (Å²) >= 11 is 12.0. The number of oxazole rings is 1. The molecule has 152 valence electrons. The van der Waals surface area contributed by atoms with Gasteiger partial charge in [0.25, 0.3) is 0 Å². The highest BCUT2D eigenvalue weighted by Crippen LogP contribution is 2.29. The number of hydrogen-bond donors (Lipinski definition) is 0. The molecule has 2 aromatic carbocycles. The van der Waals surface area contributed by atoms with Crippen molar-refractivity contribution < 1.29 is 17.6 Å². The highest BCUT2D eigenvalue weighted by molar-refractivity contribution is 7.91. The average molecular weight is 452 g/mol. The molecule has 3 aromatic rings. The van der Waals surface area contributed by atoms with Crippen LogP contribution in [0, 0.1) is 6.92 Å². The average Bonchev–Trinajstić information content (AvgIpc) is 3.00. The number of rotatable bonds is 8. The van der Waals surface area contributed by atoms with Crippen LogP contribution in [0.2, 0.25) is 10.0 Å². The number of carbonyl (C=O) groups excluding carboxylic acids is 1. The molecular weight excluding hydrogens is 433 g/mol. The summed E-state index contributed by atoms with van der Waals surface area (Å²) < 4.78 is 30.6. The van der Waals surface area contributed by atoms with Crippen molar-refractivity contribution in [2.24, 2.45) is 0 Å². The molecule has 0 fully saturated rings. The maximum Gasteiger partial charge on any atom is 0.228 e. The monoisotopic (exact) mass is 451 g/mol. The molecule has 29 heavy (non-hydrogen) atoms. The summed E-state index contributed by atoms with van der Waals surface area (Å²) in [6.07, 6.45) is 0.606.